The quantitative estimate of drug-likeness (QED) is 0.781. The molecule has 8 heteroatoms. The highest BCUT2D eigenvalue weighted by Gasteiger charge is 2.33. The van der Waals surface area contributed by atoms with Crippen molar-refractivity contribution in [3.63, 3.8) is 0 Å². The molecular weight excluding hydrogens is 233 g/mol. The van der Waals surface area contributed by atoms with Crippen molar-refractivity contribution < 1.29 is 21.6 Å². The largest absolute Gasteiger partial charge is 0.435 e. The summed E-state index contributed by atoms with van der Waals surface area (Å²) in [6.07, 6.45) is -4.64. The van der Waals surface area contributed by atoms with Crippen LogP contribution in [0.3, 0.4) is 0 Å². The molecule has 0 saturated carbocycles. The van der Waals surface area contributed by atoms with Gasteiger partial charge in [0, 0.05) is 5.41 Å². The van der Waals surface area contributed by atoms with Crippen LogP contribution in [0, 0.1) is 0 Å². The Bertz CT molecular complexity index is 464. The van der Waals surface area contributed by atoms with Crippen molar-refractivity contribution in [1.29, 1.82) is 0 Å². The zero-order valence-electron chi connectivity index (χ0n) is 7.19. The highest BCUT2D eigenvalue weighted by atomic mass is 32.2. The molecule has 1 heterocycles. The Kier molecular flexibility index (Phi) is 2.80. The van der Waals surface area contributed by atoms with Crippen LogP contribution in [0.2, 0.25) is 0 Å². The first kappa shape index (κ1) is 11.6. The van der Waals surface area contributed by atoms with Crippen LogP contribution < -0.4 is 0 Å². The van der Waals surface area contributed by atoms with Gasteiger partial charge in [-0.3, -0.25) is 0 Å². The van der Waals surface area contributed by atoms with E-state index in [1.165, 1.54) is 0 Å². The van der Waals surface area contributed by atoms with Crippen LogP contribution in [-0.2, 0) is 16.0 Å². The fraction of sp³-hybridized carbons (Fsp3) is 0.143. The number of alkyl halides is 3. The highest BCUT2D eigenvalue weighted by molar-refractivity contribution is 7.94. The van der Waals surface area contributed by atoms with E-state index in [0.717, 1.165) is 6.07 Å². The molecule has 0 N–H and O–H groups in total. The molecule has 0 saturated heterocycles. The SMILES string of the molecule is C=CS(=O)(=O)c1ccc(C(F)(F)F)nn1. The van der Waals surface area contributed by atoms with Gasteiger partial charge in [-0.05, 0) is 12.1 Å². The van der Waals surface area contributed by atoms with Crippen molar-refractivity contribution >= 4 is 9.84 Å². The van der Waals surface area contributed by atoms with Gasteiger partial charge in [-0.2, -0.15) is 13.2 Å². The summed E-state index contributed by atoms with van der Waals surface area (Å²) in [7, 11) is -3.84. The maximum Gasteiger partial charge on any atom is 0.435 e. The molecule has 4 nitrogen and oxygen atoms in total. The first-order valence-corrected chi connectivity index (χ1v) is 5.10. The third-order valence-corrected chi connectivity index (χ3v) is 2.68. The number of rotatable bonds is 2. The molecule has 0 radical (unpaired) electrons. The summed E-state index contributed by atoms with van der Waals surface area (Å²) in [6.45, 7) is 3.00. The summed E-state index contributed by atoms with van der Waals surface area (Å²) >= 11 is 0. The summed E-state index contributed by atoms with van der Waals surface area (Å²) in [5, 5.41) is 5.74. The van der Waals surface area contributed by atoms with Crippen molar-refractivity contribution in [3.8, 4) is 0 Å². The van der Waals surface area contributed by atoms with Gasteiger partial charge in [-0.25, -0.2) is 8.42 Å². The van der Waals surface area contributed by atoms with Crippen molar-refractivity contribution in [2.24, 2.45) is 0 Å². The number of halogens is 3. The number of nitrogens with zero attached hydrogens (tertiary/aromatic N) is 2. The minimum absolute atomic E-state index is 0.545. The van der Waals surface area contributed by atoms with Crippen LogP contribution in [0.25, 0.3) is 0 Å². The summed E-state index contributed by atoms with van der Waals surface area (Å²) in [6, 6.07) is 1.27. The maximum absolute atomic E-state index is 12.0. The van der Waals surface area contributed by atoms with E-state index in [1.807, 2.05) is 0 Å². The van der Waals surface area contributed by atoms with E-state index >= 15 is 0 Å². The maximum atomic E-state index is 12.0. The third kappa shape index (κ3) is 2.52. The zero-order chi connectivity index (χ0) is 11.7. The Labute approximate surface area is 83.4 Å². The third-order valence-electron chi connectivity index (χ3n) is 1.44. The fourth-order valence-electron chi connectivity index (χ4n) is 0.708. The smallest absolute Gasteiger partial charge is 0.217 e. The Hall–Kier alpha value is -1.44. The van der Waals surface area contributed by atoms with Crippen LogP contribution in [0.15, 0.2) is 29.1 Å². The molecule has 0 atom stereocenters. The second-order valence-corrected chi connectivity index (χ2v) is 4.31. The molecule has 0 amide bonds. The summed E-state index contributed by atoms with van der Waals surface area (Å²) in [5.41, 5.74) is -1.24. The Morgan fingerprint density at radius 2 is 1.87 bits per heavy atom. The number of hydrogen-bond acceptors (Lipinski definition) is 4. The molecule has 0 aliphatic heterocycles. The molecule has 0 fully saturated rings. The van der Waals surface area contributed by atoms with E-state index in [2.05, 4.69) is 16.8 Å². The van der Waals surface area contributed by atoms with Gasteiger partial charge in [-0.1, -0.05) is 6.58 Å². The first-order valence-electron chi connectivity index (χ1n) is 3.56. The second kappa shape index (κ2) is 3.61. The van der Waals surface area contributed by atoms with E-state index < -0.39 is 26.7 Å². The van der Waals surface area contributed by atoms with E-state index in [9.17, 15) is 21.6 Å². The lowest BCUT2D eigenvalue weighted by molar-refractivity contribution is -0.141. The van der Waals surface area contributed by atoms with Gasteiger partial charge in [-0.15, -0.1) is 10.2 Å². The van der Waals surface area contributed by atoms with Crippen molar-refractivity contribution in [3.05, 3.63) is 29.8 Å². The molecule has 0 bridgehead atoms. The number of hydrogen-bond donors (Lipinski definition) is 0. The molecule has 0 unspecified atom stereocenters. The molecule has 1 aromatic heterocycles. The predicted octanol–water partition coefficient (Wildman–Crippen LogP) is 1.41. The van der Waals surface area contributed by atoms with Crippen molar-refractivity contribution in [2.75, 3.05) is 0 Å². The van der Waals surface area contributed by atoms with Gasteiger partial charge >= 0.3 is 6.18 Å². The molecule has 15 heavy (non-hydrogen) atoms. The van der Waals surface area contributed by atoms with Gasteiger partial charge in [0.15, 0.2) is 10.7 Å². The Balaban J connectivity index is 3.17. The summed E-state index contributed by atoms with van der Waals surface area (Å²) in [4.78, 5) is 0. The predicted molar refractivity (Wildman–Crippen MR) is 44.4 cm³/mol. The summed E-state index contributed by atoms with van der Waals surface area (Å²) in [5.74, 6) is 0. The van der Waals surface area contributed by atoms with E-state index in [-0.39, 0.29) is 0 Å². The van der Waals surface area contributed by atoms with Crippen LogP contribution >= 0.6 is 0 Å². The number of sulfone groups is 1. The average Bonchev–Trinajstić information content (AvgIpc) is 2.17. The average molecular weight is 238 g/mol. The minimum atomic E-state index is -4.64. The van der Waals surface area contributed by atoms with E-state index in [1.54, 1.807) is 0 Å². The fourth-order valence-corrected chi connectivity index (χ4v) is 1.29. The zero-order valence-corrected chi connectivity index (χ0v) is 8.01. The molecule has 82 valence electrons. The lowest BCUT2D eigenvalue weighted by Gasteiger charge is -2.04. The lowest BCUT2D eigenvalue weighted by atomic mass is 10.4. The lowest BCUT2D eigenvalue weighted by Crippen LogP contribution is -2.11. The van der Waals surface area contributed by atoms with Gasteiger partial charge < -0.3 is 0 Å². The molecular formula is C7H5F3N2O2S. The Morgan fingerprint density at radius 1 is 1.27 bits per heavy atom. The van der Waals surface area contributed by atoms with Gasteiger partial charge in [0.05, 0.1) is 0 Å². The molecule has 0 aliphatic carbocycles. The van der Waals surface area contributed by atoms with Gasteiger partial charge in [0.25, 0.3) is 0 Å². The molecule has 0 spiro atoms. The summed E-state index contributed by atoms with van der Waals surface area (Å²) < 4.78 is 58.2. The standard InChI is InChI=1S/C7H5F3N2O2S/c1-2-15(13,14)6-4-3-5(11-12-6)7(8,9)10/h2-4H,1H2. The van der Waals surface area contributed by atoms with Crippen molar-refractivity contribution in [1.82, 2.24) is 10.2 Å². The van der Waals surface area contributed by atoms with Gasteiger partial charge in [0.1, 0.15) is 0 Å². The molecule has 1 aromatic rings. The van der Waals surface area contributed by atoms with Crippen LogP contribution in [0.4, 0.5) is 13.2 Å². The van der Waals surface area contributed by atoms with Gasteiger partial charge in [0.2, 0.25) is 9.84 Å². The van der Waals surface area contributed by atoms with Crippen LogP contribution in [0.1, 0.15) is 5.69 Å². The van der Waals surface area contributed by atoms with Crippen molar-refractivity contribution in [2.45, 2.75) is 11.2 Å². The first-order chi connectivity index (χ1) is 6.77. The molecule has 1 rings (SSSR count). The number of aromatic nitrogens is 2. The highest BCUT2D eigenvalue weighted by Crippen LogP contribution is 2.27. The molecule has 0 aromatic carbocycles. The molecule has 0 aliphatic rings. The van der Waals surface area contributed by atoms with Crippen LogP contribution in [0.5, 0.6) is 0 Å². The van der Waals surface area contributed by atoms with Crippen LogP contribution in [-0.4, -0.2) is 18.6 Å². The normalized spacial score (nSPS) is 12.5. The Morgan fingerprint density at radius 3 is 2.20 bits per heavy atom. The van der Waals surface area contributed by atoms with E-state index in [4.69, 9.17) is 0 Å². The monoisotopic (exact) mass is 238 g/mol. The van der Waals surface area contributed by atoms with E-state index in [0.29, 0.717) is 11.5 Å². The topological polar surface area (TPSA) is 59.9 Å². The minimum Gasteiger partial charge on any atom is -0.217 e. The second-order valence-electron chi connectivity index (χ2n) is 2.47.